The van der Waals surface area contributed by atoms with Crippen molar-refractivity contribution in [1.82, 2.24) is 15.2 Å². The van der Waals surface area contributed by atoms with Crippen molar-refractivity contribution in [1.29, 1.82) is 0 Å². The summed E-state index contributed by atoms with van der Waals surface area (Å²) in [6.07, 6.45) is 4.48. The summed E-state index contributed by atoms with van der Waals surface area (Å²) < 4.78 is 0. The molecule has 1 aliphatic carbocycles. The van der Waals surface area contributed by atoms with Crippen molar-refractivity contribution in [2.75, 3.05) is 4.90 Å². The number of H-pyrrole nitrogens is 2. The summed E-state index contributed by atoms with van der Waals surface area (Å²) in [4.78, 5) is 38.1. The number of nitrogens with zero attached hydrogens (tertiary/aromatic N) is 2. The fourth-order valence-corrected chi connectivity index (χ4v) is 3.50. The molecule has 8 nitrogen and oxygen atoms in total. The Labute approximate surface area is 113 Å². The molecule has 3 N–H and O–H groups in total. The van der Waals surface area contributed by atoms with Gasteiger partial charge in [-0.2, -0.15) is 0 Å². The van der Waals surface area contributed by atoms with Crippen LogP contribution in [0.3, 0.4) is 0 Å². The summed E-state index contributed by atoms with van der Waals surface area (Å²) in [7, 11) is 0. The lowest BCUT2D eigenvalue weighted by Gasteiger charge is -2.32. The predicted octanol–water partition coefficient (Wildman–Crippen LogP) is -0.320. The first-order valence-electron chi connectivity index (χ1n) is 6.78. The quantitative estimate of drug-likeness (QED) is 0.683. The van der Waals surface area contributed by atoms with Crippen LogP contribution in [0.5, 0.6) is 0 Å². The van der Waals surface area contributed by atoms with Gasteiger partial charge in [0.05, 0.1) is 0 Å². The van der Waals surface area contributed by atoms with Crippen molar-refractivity contribution in [3.63, 3.8) is 0 Å². The molecule has 1 aromatic heterocycles. The Balaban J connectivity index is 2.04. The number of carbonyl (C=O) groups is 1. The molecule has 0 radical (unpaired) electrons. The number of nitrogens with one attached hydrogen (secondary N) is 2. The molecule has 0 spiro atoms. The molecule has 20 heavy (non-hydrogen) atoms. The van der Waals surface area contributed by atoms with Gasteiger partial charge in [0.25, 0.3) is 5.56 Å². The Kier molecular flexibility index (Phi) is 3.07. The number of hydrogen-bond donors (Lipinski definition) is 3. The van der Waals surface area contributed by atoms with E-state index in [1.54, 1.807) is 4.90 Å². The minimum absolute atomic E-state index is 0.00593. The number of aliphatic carboxylic acids is 1. The number of carboxylic acids is 1. The second kappa shape index (κ2) is 4.77. The zero-order valence-corrected chi connectivity index (χ0v) is 10.8. The molecular weight excluding hydrogens is 264 g/mol. The standard InChI is InChI=1S/C12H16N4O4/c17-10-9(14-15-12(20)13-10)16-7-4-2-1-3-6(7)5-8(16)11(18)19/h6-8H,1-5H2,(H,18,19)(H2,13,15,17,20). The molecule has 3 unspecified atom stereocenters. The van der Waals surface area contributed by atoms with Gasteiger partial charge in [-0.15, -0.1) is 5.10 Å². The van der Waals surface area contributed by atoms with E-state index in [2.05, 4.69) is 15.2 Å². The van der Waals surface area contributed by atoms with E-state index in [9.17, 15) is 19.5 Å². The summed E-state index contributed by atoms with van der Waals surface area (Å²) in [5.41, 5.74) is -1.32. The Morgan fingerprint density at radius 1 is 1.30 bits per heavy atom. The minimum atomic E-state index is -0.952. The van der Waals surface area contributed by atoms with E-state index in [0.717, 1.165) is 25.7 Å². The van der Waals surface area contributed by atoms with Gasteiger partial charge in [0.1, 0.15) is 6.04 Å². The van der Waals surface area contributed by atoms with Crippen LogP contribution in [0.2, 0.25) is 0 Å². The third-order valence-corrected chi connectivity index (χ3v) is 4.31. The van der Waals surface area contributed by atoms with Crippen molar-refractivity contribution in [2.45, 2.75) is 44.2 Å². The molecule has 1 aromatic rings. The van der Waals surface area contributed by atoms with Crippen LogP contribution >= 0.6 is 0 Å². The topological polar surface area (TPSA) is 119 Å². The molecule has 0 amide bonds. The van der Waals surface area contributed by atoms with E-state index in [0.29, 0.717) is 6.42 Å². The van der Waals surface area contributed by atoms with Crippen LogP contribution in [-0.4, -0.2) is 38.3 Å². The Bertz CT molecular complexity index is 637. The lowest BCUT2D eigenvalue weighted by atomic mass is 9.85. The maximum Gasteiger partial charge on any atom is 0.342 e. The molecule has 108 valence electrons. The van der Waals surface area contributed by atoms with Crippen LogP contribution in [0.4, 0.5) is 5.82 Å². The van der Waals surface area contributed by atoms with Crippen LogP contribution in [0, 0.1) is 5.92 Å². The number of aromatic nitrogens is 3. The Morgan fingerprint density at radius 2 is 2.05 bits per heavy atom. The highest BCUT2D eigenvalue weighted by molar-refractivity contribution is 5.78. The van der Waals surface area contributed by atoms with E-state index in [-0.39, 0.29) is 17.8 Å². The second-order valence-corrected chi connectivity index (χ2v) is 5.44. The smallest absolute Gasteiger partial charge is 0.342 e. The number of rotatable bonds is 2. The van der Waals surface area contributed by atoms with E-state index in [4.69, 9.17) is 0 Å². The molecule has 2 fully saturated rings. The van der Waals surface area contributed by atoms with Crippen molar-refractivity contribution in [3.05, 3.63) is 20.8 Å². The van der Waals surface area contributed by atoms with Gasteiger partial charge in [-0.3, -0.25) is 9.78 Å². The van der Waals surface area contributed by atoms with Gasteiger partial charge in [-0.1, -0.05) is 12.8 Å². The number of aromatic amines is 2. The molecule has 1 saturated carbocycles. The monoisotopic (exact) mass is 280 g/mol. The van der Waals surface area contributed by atoms with Crippen molar-refractivity contribution in [3.8, 4) is 0 Å². The maximum atomic E-state index is 11.9. The highest BCUT2D eigenvalue weighted by Crippen LogP contribution is 2.40. The minimum Gasteiger partial charge on any atom is -0.480 e. The molecule has 0 aromatic carbocycles. The highest BCUT2D eigenvalue weighted by atomic mass is 16.4. The number of fused-ring (bicyclic) bond motifs is 1. The molecule has 1 aliphatic heterocycles. The summed E-state index contributed by atoms with van der Waals surface area (Å²) in [5.74, 6) is -0.670. The fourth-order valence-electron chi connectivity index (χ4n) is 3.50. The van der Waals surface area contributed by atoms with Gasteiger partial charge in [0.15, 0.2) is 0 Å². The first kappa shape index (κ1) is 12.9. The van der Waals surface area contributed by atoms with Crippen molar-refractivity contribution in [2.24, 2.45) is 5.92 Å². The predicted molar refractivity (Wildman–Crippen MR) is 69.7 cm³/mol. The first-order chi connectivity index (χ1) is 9.58. The molecule has 8 heteroatoms. The number of hydrogen-bond acceptors (Lipinski definition) is 5. The first-order valence-corrected chi connectivity index (χ1v) is 6.78. The average Bonchev–Trinajstić information content (AvgIpc) is 2.78. The maximum absolute atomic E-state index is 11.9. The third-order valence-electron chi connectivity index (χ3n) is 4.31. The van der Waals surface area contributed by atoms with Gasteiger partial charge in [-0.25, -0.2) is 14.7 Å². The van der Waals surface area contributed by atoms with Crippen LogP contribution in [0.15, 0.2) is 9.59 Å². The van der Waals surface area contributed by atoms with Crippen LogP contribution in [-0.2, 0) is 4.79 Å². The third kappa shape index (κ3) is 2.00. The van der Waals surface area contributed by atoms with E-state index in [1.807, 2.05) is 0 Å². The normalized spacial score (nSPS) is 29.2. The number of carboxylic acid groups (broad SMARTS) is 1. The van der Waals surface area contributed by atoms with E-state index >= 15 is 0 Å². The molecule has 3 rings (SSSR count). The Morgan fingerprint density at radius 3 is 2.75 bits per heavy atom. The zero-order valence-electron chi connectivity index (χ0n) is 10.8. The van der Waals surface area contributed by atoms with Gasteiger partial charge < -0.3 is 10.0 Å². The Hall–Kier alpha value is -2.12. The fraction of sp³-hybridized carbons (Fsp3) is 0.667. The summed E-state index contributed by atoms with van der Waals surface area (Å²) in [6.45, 7) is 0. The van der Waals surface area contributed by atoms with E-state index < -0.39 is 23.3 Å². The summed E-state index contributed by atoms with van der Waals surface area (Å²) >= 11 is 0. The molecule has 2 aliphatic rings. The van der Waals surface area contributed by atoms with E-state index in [1.165, 1.54) is 0 Å². The average molecular weight is 280 g/mol. The van der Waals surface area contributed by atoms with Crippen LogP contribution < -0.4 is 16.1 Å². The highest BCUT2D eigenvalue weighted by Gasteiger charge is 2.46. The molecule has 2 heterocycles. The van der Waals surface area contributed by atoms with Gasteiger partial charge >= 0.3 is 11.7 Å². The summed E-state index contributed by atoms with van der Waals surface area (Å²) in [6, 6.07) is -0.730. The molecule has 1 saturated heterocycles. The van der Waals surface area contributed by atoms with Crippen molar-refractivity contribution >= 4 is 11.8 Å². The van der Waals surface area contributed by atoms with Crippen molar-refractivity contribution < 1.29 is 9.90 Å². The van der Waals surface area contributed by atoms with Gasteiger partial charge in [-0.05, 0) is 25.2 Å². The van der Waals surface area contributed by atoms with Crippen LogP contribution in [0.25, 0.3) is 0 Å². The molecular formula is C12H16N4O4. The number of anilines is 1. The SMILES string of the molecule is O=C(O)C1CC2CCCCC2N1c1n[nH]c(=O)[nH]c1=O. The second-order valence-electron chi connectivity index (χ2n) is 5.44. The molecule has 0 bridgehead atoms. The summed E-state index contributed by atoms with van der Waals surface area (Å²) in [5, 5.41) is 15.3. The lowest BCUT2D eigenvalue weighted by molar-refractivity contribution is -0.138. The van der Waals surface area contributed by atoms with Gasteiger partial charge in [0, 0.05) is 6.04 Å². The zero-order chi connectivity index (χ0) is 14.3. The lowest BCUT2D eigenvalue weighted by Crippen LogP contribution is -2.46. The van der Waals surface area contributed by atoms with Gasteiger partial charge in [0.2, 0.25) is 5.82 Å². The molecule has 3 atom stereocenters. The van der Waals surface area contributed by atoms with Crippen LogP contribution in [0.1, 0.15) is 32.1 Å². The largest absolute Gasteiger partial charge is 0.480 e.